The van der Waals surface area contributed by atoms with E-state index in [1.807, 2.05) is 13.8 Å². The lowest BCUT2D eigenvalue weighted by Gasteiger charge is -2.08. The summed E-state index contributed by atoms with van der Waals surface area (Å²) in [5, 5.41) is 11.1. The molecule has 0 aliphatic rings. The van der Waals surface area contributed by atoms with Crippen LogP contribution in [0.15, 0.2) is 0 Å². The molecule has 0 aromatic heterocycles. The van der Waals surface area contributed by atoms with Gasteiger partial charge in [0, 0.05) is 19.0 Å². The van der Waals surface area contributed by atoms with Gasteiger partial charge in [-0.05, 0) is 13.8 Å². The topological polar surface area (TPSA) is 95.5 Å². The molecule has 6 nitrogen and oxygen atoms in total. The molecule has 1 amide bonds. The second-order valence-corrected chi connectivity index (χ2v) is 5.34. The first-order chi connectivity index (χ1) is 6.87. The molecule has 0 heterocycles. The predicted octanol–water partition coefficient (Wildman–Crippen LogP) is -1.19. The van der Waals surface area contributed by atoms with Crippen LogP contribution in [0.5, 0.6) is 0 Å². The fourth-order valence-corrected chi connectivity index (χ4v) is 1.70. The van der Waals surface area contributed by atoms with E-state index in [4.69, 9.17) is 5.11 Å². The SMILES string of the molecule is CC(C)NC(=O)CCNS(=O)(=O)CCO. The van der Waals surface area contributed by atoms with E-state index in [1.54, 1.807) is 0 Å². The predicted molar refractivity (Wildman–Crippen MR) is 56.8 cm³/mol. The number of rotatable bonds is 7. The summed E-state index contributed by atoms with van der Waals surface area (Å²) in [5.41, 5.74) is 0. The first-order valence-electron chi connectivity index (χ1n) is 4.75. The highest BCUT2D eigenvalue weighted by Gasteiger charge is 2.09. The maximum atomic E-state index is 11.1. The van der Waals surface area contributed by atoms with Crippen molar-refractivity contribution in [3.63, 3.8) is 0 Å². The van der Waals surface area contributed by atoms with Gasteiger partial charge >= 0.3 is 0 Å². The van der Waals surface area contributed by atoms with Gasteiger partial charge in [-0.2, -0.15) is 0 Å². The standard InChI is InChI=1S/C8H18N2O4S/c1-7(2)10-8(12)3-4-9-15(13,14)6-5-11/h7,9,11H,3-6H2,1-2H3,(H,10,12). The molecule has 15 heavy (non-hydrogen) atoms. The van der Waals surface area contributed by atoms with E-state index in [0.717, 1.165) is 0 Å². The minimum Gasteiger partial charge on any atom is -0.395 e. The Kier molecular flexibility index (Phi) is 6.46. The number of aliphatic hydroxyl groups is 1. The molecule has 0 fully saturated rings. The molecule has 7 heteroatoms. The molecule has 0 saturated heterocycles. The first-order valence-corrected chi connectivity index (χ1v) is 6.40. The molecule has 90 valence electrons. The van der Waals surface area contributed by atoms with Gasteiger partial charge in [-0.1, -0.05) is 0 Å². The van der Waals surface area contributed by atoms with Crippen LogP contribution in [0.4, 0.5) is 0 Å². The van der Waals surface area contributed by atoms with Crippen LogP contribution in [0.2, 0.25) is 0 Å². The smallest absolute Gasteiger partial charge is 0.221 e. The Bertz CT molecular complexity index is 287. The van der Waals surface area contributed by atoms with Crippen molar-refractivity contribution in [2.45, 2.75) is 26.3 Å². The molecule has 0 aliphatic heterocycles. The highest BCUT2D eigenvalue weighted by molar-refractivity contribution is 7.89. The van der Waals surface area contributed by atoms with E-state index in [-0.39, 0.29) is 30.7 Å². The molecule has 0 unspecified atom stereocenters. The molecule has 0 rings (SSSR count). The number of hydrogen-bond acceptors (Lipinski definition) is 4. The second-order valence-electron chi connectivity index (χ2n) is 3.41. The zero-order valence-corrected chi connectivity index (χ0v) is 9.80. The average Bonchev–Trinajstić information content (AvgIpc) is 2.01. The van der Waals surface area contributed by atoms with E-state index in [2.05, 4.69) is 10.0 Å². The van der Waals surface area contributed by atoms with Gasteiger partial charge in [0.05, 0.1) is 12.4 Å². The van der Waals surface area contributed by atoms with E-state index >= 15 is 0 Å². The van der Waals surface area contributed by atoms with Crippen LogP contribution in [0.25, 0.3) is 0 Å². The number of nitrogens with one attached hydrogen (secondary N) is 2. The minimum atomic E-state index is -3.44. The van der Waals surface area contributed by atoms with Gasteiger partial charge in [0.15, 0.2) is 0 Å². The normalized spacial score (nSPS) is 11.7. The number of carbonyl (C=O) groups is 1. The van der Waals surface area contributed by atoms with Crippen molar-refractivity contribution in [1.82, 2.24) is 10.0 Å². The second kappa shape index (κ2) is 6.76. The molecule has 0 radical (unpaired) electrons. The molecule has 0 bridgehead atoms. The summed E-state index contributed by atoms with van der Waals surface area (Å²) in [4.78, 5) is 11.1. The van der Waals surface area contributed by atoms with Crippen LogP contribution in [0.1, 0.15) is 20.3 Å². The lowest BCUT2D eigenvalue weighted by atomic mass is 10.3. The number of amides is 1. The maximum Gasteiger partial charge on any atom is 0.221 e. The number of sulfonamides is 1. The summed E-state index contributed by atoms with van der Waals surface area (Å²) in [6.07, 6.45) is 0.100. The fourth-order valence-electron chi connectivity index (χ4n) is 0.907. The van der Waals surface area contributed by atoms with Crippen LogP contribution < -0.4 is 10.0 Å². The Hall–Kier alpha value is -0.660. The molecule has 0 spiro atoms. The third-order valence-electron chi connectivity index (χ3n) is 1.48. The molecule has 3 N–H and O–H groups in total. The molecule has 0 aromatic rings. The summed E-state index contributed by atoms with van der Waals surface area (Å²) in [5.74, 6) is -0.532. The summed E-state index contributed by atoms with van der Waals surface area (Å²) in [6, 6.07) is 0.0477. The molecular formula is C8H18N2O4S. The van der Waals surface area contributed by atoms with E-state index in [0.29, 0.717) is 0 Å². The zero-order chi connectivity index (χ0) is 11.9. The van der Waals surface area contributed by atoms with Crippen molar-refractivity contribution in [3.8, 4) is 0 Å². The first kappa shape index (κ1) is 14.3. The van der Waals surface area contributed by atoms with Gasteiger partial charge in [0.1, 0.15) is 0 Å². The van der Waals surface area contributed by atoms with Crippen molar-refractivity contribution in [3.05, 3.63) is 0 Å². The average molecular weight is 238 g/mol. The highest BCUT2D eigenvalue weighted by Crippen LogP contribution is 1.86. The molecule has 0 aromatic carbocycles. The van der Waals surface area contributed by atoms with Crippen LogP contribution >= 0.6 is 0 Å². The van der Waals surface area contributed by atoms with Gasteiger partial charge in [-0.15, -0.1) is 0 Å². The van der Waals surface area contributed by atoms with Gasteiger partial charge in [-0.25, -0.2) is 13.1 Å². The van der Waals surface area contributed by atoms with Gasteiger partial charge in [-0.3, -0.25) is 4.79 Å². The third-order valence-corrected chi connectivity index (χ3v) is 2.85. The summed E-state index contributed by atoms with van der Waals surface area (Å²) < 4.78 is 24.3. The highest BCUT2D eigenvalue weighted by atomic mass is 32.2. The van der Waals surface area contributed by atoms with Crippen LogP contribution in [0, 0.1) is 0 Å². The Balaban J connectivity index is 3.75. The molecule has 0 atom stereocenters. The van der Waals surface area contributed by atoms with Crippen molar-refractivity contribution in [1.29, 1.82) is 0 Å². The van der Waals surface area contributed by atoms with Crippen molar-refractivity contribution < 1.29 is 18.3 Å². The monoisotopic (exact) mass is 238 g/mol. The minimum absolute atomic E-state index is 0.0477. The number of aliphatic hydroxyl groups excluding tert-OH is 1. The van der Waals surface area contributed by atoms with E-state index in [1.165, 1.54) is 0 Å². The number of carbonyl (C=O) groups excluding carboxylic acids is 1. The zero-order valence-electron chi connectivity index (χ0n) is 8.99. The van der Waals surface area contributed by atoms with Gasteiger partial charge in [0.2, 0.25) is 15.9 Å². The van der Waals surface area contributed by atoms with Crippen LogP contribution in [-0.2, 0) is 14.8 Å². The number of hydrogen-bond donors (Lipinski definition) is 3. The van der Waals surface area contributed by atoms with Crippen molar-refractivity contribution in [2.24, 2.45) is 0 Å². The summed E-state index contributed by atoms with van der Waals surface area (Å²) in [6.45, 7) is 3.29. The summed E-state index contributed by atoms with van der Waals surface area (Å²) in [7, 11) is -3.44. The Morgan fingerprint density at radius 3 is 2.47 bits per heavy atom. The van der Waals surface area contributed by atoms with Crippen LogP contribution in [-0.4, -0.2) is 44.4 Å². The van der Waals surface area contributed by atoms with Crippen molar-refractivity contribution in [2.75, 3.05) is 18.9 Å². The largest absolute Gasteiger partial charge is 0.395 e. The van der Waals surface area contributed by atoms with Gasteiger partial charge in [0.25, 0.3) is 0 Å². The van der Waals surface area contributed by atoms with E-state index < -0.39 is 16.6 Å². The van der Waals surface area contributed by atoms with Crippen molar-refractivity contribution >= 4 is 15.9 Å². The Morgan fingerprint density at radius 1 is 1.40 bits per heavy atom. The maximum absolute atomic E-state index is 11.1. The fraction of sp³-hybridized carbons (Fsp3) is 0.875. The van der Waals surface area contributed by atoms with Crippen LogP contribution in [0.3, 0.4) is 0 Å². The lowest BCUT2D eigenvalue weighted by molar-refractivity contribution is -0.121. The molecule has 0 aliphatic carbocycles. The quantitative estimate of drug-likeness (QED) is 0.520. The third kappa shape index (κ3) is 8.34. The van der Waals surface area contributed by atoms with Gasteiger partial charge < -0.3 is 10.4 Å². The Morgan fingerprint density at radius 2 is 2.00 bits per heavy atom. The molecule has 0 saturated carbocycles. The summed E-state index contributed by atoms with van der Waals surface area (Å²) >= 11 is 0. The molecular weight excluding hydrogens is 220 g/mol. The lowest BCUT2D eigenvalue weighted by Crippen LogP contribution is -2.35. The van der Waals surface area contributed by atoms with E-state index in [9.17, 15) is 13.2 Å². The Labute approximate surface area is 90.1 Å².